The molecule has 0 aliphatic rings. The van der Waals surface area contributed by atoms with Gasteiger partial charge in [-0.15, -0.1) is 0 Å². The van der Waals surface area contributed by atoms with E-state index in [0.29, 0.717) is 24.7 Å². The van der Waals surface area contributed by atoms with Crippen LogP contribution in [-0.4, -0.2) is 15.2 Å². The highest BCUT2D eigenvalue weighted by Crippen LogP contribution is 2.24. The van der Waals surface area contributed by atoms with Crippen LogP contribution < -0.4 is 10.5 Å². The molecule has 2 aromatic carbocycles. The van der Waals surface area contributed by atoms with Gasteiger partial charge in [0.2, 0.25) is 0 Å². The van der Waals surface area contributed by atoms with Gasteiger partial charge in [0.15, 0.2) is 11.6 Å². The maximum atomic E-state index is 6.22. The number of rotatable bonds is 6. The number of aromatic nitrogens is 3. The number of nitrogens with two attached hydrogens (primary N) is 1. The molecular weight excluding hydrogens is 324 g/mol. The van der Waals surface area contributed by atoms with E-state index in [2.05, 4.69) is 60.2 Å². The van der Waals surface area contributed by atoms with Gasteiger partial charge in [-0.3, -0.25) is 5.10 Å². The van der Waals surface area contributed by atoms with E-state index >= 15 is 0 Å². The SMILES string of the molecule is CC(C)(C)c1ccc(OCc2nc([C@@H](N)Cc3ccccc3)n[nH]2)cc1. The summed E-state index contributed by atoms with van der Waals surface area (Å²) in [5, 5.41) is 7.14. The molecule has 5 heteroatoms. The lowest BCUT2D eigenvalue weighted by molar-refractivity contribution is 0.296. The maximum absolute atomic E-state index is 6.22. The van der Waals surface area contributed by atoms with E-state index < -0.39 is 0 Å². The van der Waals surface area contributed by atoms with Crippen molar-refractivity contribution in [1.82, 2.24) is 15.2 Å². The van der Waals surface area contributed by atoms with Crippen LogP contribution in [0.3, 0.4) is 0 Å². The highest BCUT2D eigenvalue weighted by Gasteiger charge is 2.14. The summed E-state index contributed by atoms with van der Waals surface area (Å²) in [7, 11) is 0. The van der Waals surface area contributed by atoms with Crippen molar-refractivity contribution in [3.05, 3.63) is 77.4 Å². The van der Waals surface area contributed by atoms with E-state index in [1.165, 1.54) is 11.1 Å². The fourth-order valence-electron chi connectivity index (χ4n) is 2.70. The molecule has 1 heterocycles. The molecule has 3 N–H and O–H groups in total. The van der Waals surface area contributed by atoms with Crippen molar-refractivity contribution in [2.45, 2.75) is 45.3 Å². The Balaban J connectivity index is 1.56. The first-order chi connectivity index (χ1) is 12.4. The molecule has 5 nitrogen and oxygen atoms in total. The molecule has 1 aromatic heterocycles. The number of ether oxygens (including phenoxy) is 1. The van der Waals surface area contributed by atoms with Crippen LogP contribution in [0.5, 0.6) is 5.75 Å². The van der Waals surface area contributed by atoms with Crippen LogP contribution in [0.25, 0.3) is 0 Å². The maximum Gasteiger partial charge on any atom is 0.167 e. The molecule has 3 aromatic rings. The summed E-state index contributed by atoms with van der Waals surface area (Å²) in [6.07, 6.45) is 0.702. The topological polar surface area (TPSA) is 76.8 Å². The van der Waals surface area contributed by atoms with Gasteiger partial charge < -0.3 is 10.5 Å². The molecule has 0 bridgehead atoms. The molecule has 0 saturated carbocycles. The second-order valence-electron chi connectivity index (χ2n) is 7.50. The van der Waals surface area contributed by atoms with Crippen molar-refractivity contribution in [3.63, 3.8) is 0 Å². The Morgan fingerprint density at radius 1 is 1.04 bits per heavy atom. The van der Waals surface area contributed by atoms with E-state index in [1.807, 2.05) is 30.3 Å². The third-order valence-corrected chi connectivity index (χ3v) is 4.27. The van der Waals surface area contributed by atoms with Crippen LogP contribution in [0, 0.1) is 0 Å². The number of hydrogen-bond acceptors (Lipinski definition) is 4. The standard InChI is InChI=1S/C21H26N4O/c1-21(2,3)16-9-11-17(12-10-16)26-14-19-23-20(25-24-19)18(22)13-15-7-5-4-6-8-15/h4-12,18H,13-14,22H2,1-3H3,(H,23,24,25)/t18-/m0/s1. The molecule has 3 rings (SSSR count). The van der Waals surface area contributed by atoms with Crippen LogP contribution >= 0.6 is 0 Å². The molecule has 136 valence electrons. The lowest BCUT2D eigenvalue weighted by atomic mass is 9.87. The van der Waals surface area contributed by atoms with Gasteiger partial charge in [-0.25, -0.2) is 4.98 Å². The second-order valence-corrected chi connectivity index (χ2v) is 7.50. The number of nitrogens with one attached hydrogen (secondary N) is 1. The molecule has 0 radical (unpaired) electrons. The van der Waals surface area contributed by atoms with Crippen LogP contribution in [0.15, 0.2) is 54.6 Å². The van der Waals surface area contributed by atoms with Crippen molar-refractivity contribution >= 4 is 0 Å². The average Bonchev–Trinajstić information content (AvgIpc) is 3.10. The summed E-state index contributed by atoms with van der Waals surface area (Å²) in [4.78, 5) is 4.46. The van der Waals surface area contributed by atoms with Gasteiger partial charge in [0.05, 0.1) is 6.04 Å². The lowest BCUT2D eigenvalue weighted by Gasteiger charge is -2.19. The van der Waals surface area contributed by atoms with Crippen molar-refractivity contribution in [2.24, 2.45) is 5.73 Å². The Bertz CT molecular complexity index is 819. The van der Waals surface area contributed by atoms with Crippen molar-refractivity contribution in [1.29, 1.82) is 0 Å². The quantitative estimate of drug-likeness (QED) is 0.706. The normalized spacial score (nSPS) is 12.8. The Labute approximate surface area is 154 Å². The Morgan fingerprint density at radius 3 is 2.38 bits per heavy atom. The van der Waals surface area contributed by atoms with Crippen LogP contribution in [0.1, 0.15) is 49.6 Å². The lowest BCUT2D eigenvalue weighted by Crippen LogP contribution is -2.15. The smallest absolute Gasteiger partial charge is 0.167 e. The fraction of sp³-hybridized carbons (Fsp3) is 0.333. The van der Waals surface area contributed by atoms with Crippen LogP contribution in [0.2, 0.25) is 0 Å². The number of hydrogen-bond donors (Lipinski definition) is 2. The van der Waals surface area contributed by atoms with E-state index in [0.717, 1.165) is 5.75 Å². The number of aromatic amines is 1. The second kappa shape index (κ2) is 7.70. The van der Waals surface area contributed by atoms with E-state index in [1.54, 1.807) is 0 Å². The molecule has 26 heavy (non-hydrogen) atoms. The molecular formula is C21H26N4O. The van der Waals surface area contributed by atoms with Gasteiger partial charge in [-0.1, -0.05) is 63.2 Å². The Hall–Kier alpha value is -2.66. The summed E-state index contributed by atoms with van der Waals surface area (Å²) < 4.78 is 5.80. The Kier molecular flexibility index (Phi) is 5.38. The van der Waals surface area contributed by atoms with Crippen LogP contribution in [-0.2, 0) is 18.4 Å². The summed E-state index contributed by atoms with van der Waals surface area (Å²) in [6, 6.07) is 18.0. The summed E-state index contributed by atoms with van der Waals surface area (Å²) in [5.41, 5.74) is 8.80. The molecule has 0 aliphatic heterocycles. The van der Waals surface area contributed by atoms with Crippen LogP contribution in [0.4, 0.5) is 0 Å². The van der Waals surface area contributed by atoms with Gasteiger partial charge in [0, 0.05) is 0 Å². The molecule has 0 fully saturated rings. The van der Waals surface area contributed by atoms with E-state index in [9.17, 15) is 0 Å². The molecule has 0 amide bonds. The first-order valence-corrected chi connectivity index (χ1v) is 8.86. The van der Waals surface area contributed by atoms with Crippen molar-refractivity contribution < 1.29 is 4.74 Å². The van der Waals surface area contributed by atoms with Gasteiger partial charge in [0.25, 0.3) is 0 Å². The van der Waals surface area contributed by atoms with E-state index in [4.69, 9.17) is 10.5 Å². The number of nitrogens with zero attached hydrogens (tertiary/aromatic N) is 2. The molecule has 0 saturated heterocycles. The minimum absolute atomic E-state index is 0.132. The summed E-state index contributed by atoms with van der Waals surface area (Å²) >= 11 is 0. The Morgan fingerprint density at radius 2 is 1.73 bits per heavy atom. The van der Waals surface area contributed by atoms with Crippen molar-refractivity contribution in [2.75, 3.05) is 0 Å². The minimum atomic E-state index is -0.242. The predicted molar refractivity (Wildman–Crippen MR) is 103 cm³/mol. The number of benzene rings is 2. The predicted octanol–water partition coefficient (Wildman–Crippen LogP) is 3.92. The van der Waals surface area contributed by atoms with E-state index in [-0.39, 0.29) is 11.5 Å². The first kappa shape index (κ1) is 18.1. The highest BCUT2D eigenvalue weighted by atomic mass is 16.5. The monoisotopic (exact) mass is 350 g/mol. The zero-order chi connectivity index (χ0) is 18.6. The molecule has 0 unspecified atom stereocenters. The zero-order valence-corrected chi connectivity index (χ0v) is 15.6. The first-order valence-electron chi connectivity index (χ1n) is 8.86. The van der Waals surface area contributed by atoms with Gasteiger partial charge in [-0.05, 0) is 35.1 Å². The fourth-order valence-corrected chi connectivity index (χ4v) is 2.70. The van der Waals surface area contributed by atoms with Gasteiger partial charge >= 0.3 is 0 Å². The zero-order valence-electron chi connectivity index (χ0n) is 15.6. The van der Waals surface area contributed by atoms with Gasteiger partial charge in [-0.2, -0.15) is 5.10 Å². The molecule has 0 spiro atoms. The minimum Gasteiger partial charge on any atom is -0.486 e. The largest absolute Gasteiger partial charge is 0.486 e. The third kappa shape index (κ3) is 4.70. The van der Waals surface area contributed by atoms with Gasteiger partial charge in [0.1, 0.15) is 12.4 Å². The summed E-state index contributed by atoms with van der Waals surface area (Å²) in [5.74, 6) is 2.09. The molecule has 1 atom stereocenters. The average molecular weight is 350 g/mol. The molecule has 0 aliphatic carbocycles. The summed E-state index contributed by atoms with van der Waals surface area (Å²) in [6.45, 7) is 6.91. The van der Waals surface area contributed by atoms with Crippen molar-refractivity contribution in [3.8, 4) is 5.75 Å². The third-order valence-electron chi connectivity index (χ3n) is 4.27. The number of H-pyrrole nitrogens is 1. The highest BCUT2D eigenvalue weighted by molar-refractivity contribution is 5.31.